The molecule has 0 rings (SSSR count). The summed E-state index contributed by atoms with van der Waals surface area (Å²) in [7, 11) is 0. The van der Waals surface area contributed by atoms with Crippen molar-refractivity contribution in [2.75, 3.05) is 13.2 Å². The number of ether oxygens (including phenoxy) is 2. The SMILES string of the molecule is C=C(C)C(=O)OCC.C=CC(=O)OCC(CC)CCCC. The molecule has 0 fully saturated rings. The third kappa shape index (κ3) is 14.6. The number of carbonyl (C=O) groups is 2. The fourth-order valence-corrected chi connectivity index (χ4v) is 1.41. The Balaban J connectivity index is 0. The molecule has 0 radical (unpaired) electrons. The van der Waals surface area contributed by atoms with E-state index in [1.54, 1.807) is 13.8 Å². The Labute approximate surface area is 129 Å². The van der Waals surface area contributed by atoms with Gasteiger partial charge in [-0.1, -0.05) is 46.3 Å². The topological polar surface area (TPSA) is 52.6 Å². The van der Waals surface area contributed by atoms with Crippen LogP contribution >= 0.6 is 0 Å². The maximum atomic E-state index is 10.8. The molecule has 122 valence electrons. The van der Waals surface area contributed by atoms with Crippen molar-refractivity contribution in [3.05, 3.63) is 24.8 Å². The highest BCUT2D eigenvalue weighted by atomic mass is 16.5. The van der Waals surface area contributed by atoms with E-state index >= 15 is 0 Å². The highest BCUT2D eigenvalue weighted by Crippen LogP contribution is 2.12. The summed E-state index contributed by atoms with van der Waals surface area (Å²) in [6, 6.07) is 0. The normalized spacial score (nSPS) is 10.7. The number of unbranched alkanes of at least 4 members (excludes halogenated alkanes) is 1. The molecule has 1 unspecified atom stereocenters. The zero-order valence-corrected chi connectivity index (χ0v) is 13.9. The van der Waals surface area contributed by atoms with Gasteiger partial charge in [-0.3, -0.25) is 0 Å². The molecule has 0 bridgehead atoms. The van der Waals surface area contributed by atoms with E-state index in [9.17, 15) is 9.59 Å². The largest absolute Gasteiger partial charge is 0.463 e. The summed E-state index contributed by atoms with van der Waals surface area (Å²) >= 11 is 0. The van der Waals surface area contributed by atoms with Gasteiger partial charge in [0.05, 0.1) is 13.2 Å². The number of hydrogen-bond acceptors (Lipinski definition) is 4. The molecule has 0 aromatic heterocycles. The van der Waals surface area contributed by atoms with Gasteiger partial charge in [0.1, 0.15) is 0 Å². The van der Waals surface area contributed by atoms with Crippen molar-refractivity contribution in [3.63, 3.8) is 0 Å². The van der Waals surface area contributed by atoms with Crippen LogP contribution in [-0.4, -0.2) is 25.2 Å². The van der Waals surface area contributed by atoms with Crippen molar-refractivity contribution in [1.29, 1.82) is 0 Å². The molecule has 0 saturated heterocycles. The second-order valence-corrected chi connectivity index (χ2v) is 4.75. The van der Waals surface area contributed by atoms with Crippen LogP contribution in [0.2, 0.25) is 0 Å². The summed E-state index contributed by atoms with van der Waals surface area (Å²) in [4.78, 5) is 21.2. The van der Waals surface area contributed by atoms with E-state index < -0.39 is 0 Å². The van der Waals surface area contributed by atoms with Gasteiger partial charge in [0.25, 0.3) is 0 Å². The van der Waals surface area contributed by atoms with Gasteiger partial charge in [0.15, 0.2) is 0 Å². The van der Waals surface area contributed by atoms with Crippen LogP contribution in [0.1, 0.15) is 53.4 Å². The second kappa shape index (κ2) is 14.8. The lowest BCUT2D eigenvalue weighted by Gasteiger charge is -2.13. The van der Waals surface area contributed by atoms with Gasteiger partial charge in [0, 0.05) is 11.6 Å². The molecule has 0 heterocycles. The van der Waals surface area contributed by atoms with E-state index in [0.717, 1.165) is 12.8 Å². The molecule has 4 heteroatoms. The summed E-state index contributed by atoms with van der Waals surface area (Å²) in [5, 5.41) is 0. The third-order valence-corrected chi connectivity index (χ3v) is 2.80. The molecular formula is C17H30O4. The van der Waals surface area contributed by atoms with Crippen LogP contribution in [0.5, 0.6) is 0 Å². The molecule has 0 aliphatic rings. The maximum absolute atomic E-state index is 10.8. The maximum Gasteiger partial charge on any atom is 0.333 e. The van der Waals surface area contributed by atoms with Crippen molar-refractivity contribution in [3.8, 4) is 0 Å². The summed E-state index contributed by atoms with van der Waals surface area (Å²) in [6.07, 6.45) is 5.85. The average molecular weight is 298 g/mol. The van der Waals surface area contributed by atoms with Gasteiger partial charge < -0.3 is 9.47 Å². The minimum Gasteiger partial charge on any atom is -0.463 e. The van der Waals surface area contributed by atoms with E-state index in [2.05, 4.69) is 31.7 Å². The van der Waals surface area contributed by atoms with Gasteiger partial charge >= 0.3 is 11.9 Å². The third-order valence-electron chi connectivity index (χ3n) is 2.80. The first-order valence-corrected chi connectivity index (χ1v) is 7.54. The predicted octanol–water partition coefficient (Wildman–Crippen LogP) is 4.06. The van der Waals surface area contributed by atoms with E-state index in [4.69, 9.17) is 4.74 Å². The van der Waals surface area contributed by atoms with Crippen molar-refractivity contribution < 1.29 is 19.1 Å². The van der Waals surface area contributed by atoms with Gasteiger partial charge in [-0.25, -0.2) is 9.59 Å². The highest BCUT2D eigenvalue weighted by Gasteiger charge is 2.07. The van der Waals surface area contributed by atoms with Crippen molar-refractivity contribution in [2.24, 2.45) is 5.92 Å². The Hall–Kier alpha value is -1.58. The van der Waals surface area contributed by atoms with Crippen LogP contribution in [0.4, 0.5) is 0 Å². The lowest BCUT2D eigenvalue weighted by atomic mass is 10.0. The fourth-order valence-electron chi connectivity index (χ4n) is 1.41. The zero-order chi connectivity index (χ0) is 16.7. The Kier molecular flexibility index (Phi) is 15.3. The Morgan fingerprint density at radius 2 is 1.81 bits per heavy atom. The zero-order valence-electron chi connectivity index (χ0n) is 13.9. The molecule has 0 aromatic carbocycles. The van der Waals surface area contributed by atoms with Crippen LogP contribution in [-0.2, 0) is 19.1 Å². The summed E-state index contributed by atoms with van der Waals surface area (Å²) in [6.45, 7) is 15.4. The Morgan fingerprint density at radius 1 is 1.19 bits per heavy atom. The molecule has 21 heavy (non-hydrogen) atoms. The molecule has 4 nitrogen and oxygen atoms in total. The minimum atomic E-state index is -0.312. The van der Waals surface area contributed by atoms with Crippen LogP contribution < -0.4 is 0 Å². The van der Waals surface area contributed by atoms with Gasteiger partial charge in [-0.15, -0.1) is 0 Å². The molecule has 0 amide bonds. The fraction of sp³-hybridized carbons (Fsp3) is 0.647. The molecular weight excluding hydrogens is 268 g/mol. The molecule has 0 N–H and O–H groups in total. The molecule has 0 aromatic rings. The average Bonchev–Trinajstić information content (AvgIpc) is 2.48. The van der Waals surface area contributed by atoms with Crippen molar-refractivity contribution in [1.82, 2.24) is 0 Å². The number of rotatable bonds is 9. The Morgan fingerprint density at radius 3 is 2.14 bits per heavy atom. The molecule has 1 atom stereocenters. The highest BCUT2D eigenvalue weighted by molar-refractivity contribution is 5.86. The van der Waals surface area contributed by atoms with E-state index in [-0.39, 0.29) is 11.9 Å². The first-order chi connectivity index (χ1) is 9.92. The first-order valence-electron chi connectivity index (χ1n) is 7.54. The minimum absolute atomic E-state index is 0.310. The number of carbonyl (C=O) groups excluding carboxylic acids is 2. The quantitative estimate of drug-likeness (QED) is 0.476. The smallest absolute Gasteiger partial charge is 0.333 e. The van der Waals surface area contributed by atoms with Crippen LogP contribution in [0.3, 0.4) is 0 Å². The van der Waals surface area contributed by atoms with Crippen molar-refractivity contribution >= 4 is 11.9 Å². The van der Waals surface area contributed by atoms with Crippen LogP contribution in [0, 0.1) is 5.92 Å². The lowest BCUT2D eigenvalue weighted by molar-refractivity contribution is -0.139. The van der Waals surface area contributed by atoms with E-state index in [1.807, 2.05) is 0 Å². The molecule has 0 aliphatic heterocycles. The van der Waals surface area contributed by atoms with Gasteiger partial charge in [-0.2, -0.15) is 0 Å². The van der Waals surface area contributed by atoms with Gasteiger partial charge in [-0.05, 0) is 26.2 Å². The van der Waals surface area contributed by atoms with Crippen molar-refractivity contribution in [2.45, 2.75) is 53.4 Å². The number of hydrogen-bond donors (Lipinski definition) is 0. The number of esters is 2. The summed E-state index contributed by atoms with van der Waals surface area (Å²) in [5.74, 6) is -0.105. The van der Waals surface area contributed by atoms with Gasteiger partial charge in [0.2, 0.25) is 0 Å². The molecule has 0 aliphatic carbocycles. The predicted molar refractivity (Wildman–Crippen MR) is 85.9 cm³/mol. The monoisotopic (exact) mass is 298 g/mol. The molecule has 0 saturated carbocycles. The van der Waals surface area contributed by atoms with Crippen LogP contribution in [0.25, 0.3) is 0 Å². The van der Waals surface area contributed by atoms with E-state index in [0.29, 0.717) is 24.7 Å². The first kappa shape index (κ1) is 21.7. The second-order valence-electron chi connectivity index (χ2n) is 4.75. The standard InChI is InChI=1S/C11H20O2.C6H10O2/c1-4-7-8-10(5-2)9-13-11(12)6-3;1-4-8-6(7)5(2)3/h6,10H,3-5,7-9H2,1-2H3;2,4H2,1,3H3. The Bertz CT molecular complexity index is 321. The van der Waals surface area contributed by atoms with E-state index in [1.165, 1.54) is 18.9 Å². The molecule has 0 spiro atoms. The van der Waals surface area contributed by atoms with Crippen LogP contribution in [0.15, 0.2) is 24.8 Å². The summed E-state index contributed by atoms with van der Waals surface area (Å²) in [5.41, 5.74) is 0.451. The summed E-state index contributed by atoms with van der Waals surface area (Å²) < 4.78 is 9.55. The lowest BCUT2D eigenvalue weighted by Crippen LogP contribution is -2.12.